The summed E-state index contributed by atoms with van der Waals surface area (Å²) in [5.74, 6) is -0.632. The molecule has 3 N–H and O–H groups in total. The number of nitrogens with one attached hydrogen (secondary N) is 2. The van der Waals surface area contributed by atoms with Gasteiger partial charge in [-0.3, -0.25) is 9.69 Å². The maximum atomic E-state index is 14.3. The number of carbonyl (C=O) groups excluding carboxylic acids is 2. The lowest BCUT2D eigenvalue weighted by Crippen LogP contribution is -2.47. The molecule has 2 aliphatic heterocycles. The molecule has 1 aromatic rings. The first-order valence-corrected chi connectivity index (χ1v) is 9.16. The summed E-state index contributed by atoms with van der Waals surface area (Å²) in [6, 6.07) is 2.08. The van der Waals surface area contributed by atoms with E-state index >= 15 is 0 Å². The Balaban J connectivity index is 1.78. The van der Waals surface area contributed by atoms with Crippen LogP contribution in [-0.2, 0) is 20.6 Å². The summed E-state index contributed by atoms with van der Waals surface area (Å²) in [5, 5.41) is 5.31. The Morgan fingerprint density at radius 3 is 2.96 bits per heavy atom. The molecular formula is C15H18FN3O6S. The number of ether oxygens (including phenoxy) is 2. The molecule has 0 spiro atoms. The van der Waals surface area contributed by atoms with Crippen molar-refractivity contribution in [1.29, 1.82) is 0 Å². The number of hydrogen-bond acceptors (Lipinski definition) is 6. The first-order valence-electron chi connectivity index (χ1n) is 7.88. The summed E-state index contributed by atoms with van der Waals surface area (Å²) >= 11 is -1.98. The minimum Gasteiger partial charge on any atom is -0.489 e. The number of amides is 2. The molecule has 9 nitrogen and oxygen atoms in total. The predicted molar refractivity (Wildman–Crippen MR) is 91.2 cm³/mol. The Labute approximate surface area is 151 Å². The molecule has 0 aliphatic carbocycles. The average Bonchev–Trinajstić information content (AvgIpc) is 2.89. The van der Waals surface area contributed by atoms with E-state index in [2.05, 4.69) is 10.6 Å². The first-order chi connectivity index (χ1) is 12.4. The molecule has 0 bridgehead atoms. The Hall–Kier alpha value is -2.40. The molecule has 1 aromatic carbocycles. The van der Waals surface area contributed by atoms with Crippen molar-refractivity contribution in [2.24, 2.45) is 0 Å². The van der Waals surface area contributed by atoms with Gasteiger partial charge in [-0.2, -0.15) is 0 Å². The third kappa shape index (κ3) is 3.73. The third-order valence-corrected chi connectivity index (χ3v) is 4.63. The highest BCUT2D eigenvalue weighted by Crippen LogP contribution is 2.41. The zero-order valence-electron chi connectivity index (χ0n) is 13.9. The first kappa shape index (κ1) is 18.4. The number of carbonyl (C=O) groups is 2. The van der Waals surface area contributed by atoms with E-state index in [4.69, 9.17) is 14.0 Å². The standard InChI is InChI=1S/C15H18FN3O6S/c1-8(20)18-6-14-12-7-24-13-5-10(17-2-3-26(22)23)9(16)4-11(13)19(12)15(21)25-14/h4-5,12,14,17H,2-3,6-7H2,1H3,(H,18,20)(H,22,23). The van der Waals surface area contributed by atoms with Crippen molar-refractivity contribution in [2.45, 2.75) is 19.1 Å². The van der Waals surface area contributed by atoms with Crippen LogP contribution in [0.5, 0.6) is 5.75 Å². The van der Waals surface area contributed by atoms with Crippen LogP contribution in [0.4, 0.5) is 20.6 Å². The zero-order valence-corrected chi connectivity index (χ0v) is 14.7. The van der Waals surface area contributed by atoms with Crippen LogP contribution in [0, 0.1) is 5.82 Å². The highest BCUT2D eigenvalue weighted by molar-refractivity contribution is 7.79. The van der Waals surface area contributed by atoms with E-state index in [0.29, 0.717) is 5.75 Å². The highest BCUT2D eigenvalue weighted by atomic mass is 32.2. The largest absolute Gasteiger partial charge is 0.489 e. The molecule has 2 heterocycles. The van der Waals surface area contributed by atoms with Crippen LogP contribution in [0.15, 0.2) is 12.1 Å². The van der Waals surface area contributed by atoms with Gasteiger partial charge >= 0.3 is 6.09 Å². The van der Waals surface area contributed by atoms with Gasteiger partial charge in [-0.15, -0.1) is 0 Å². The summed E-state index contributed by atoms with van der Waals surface area (Å²) < 4.78 is 44.7. The number of cyclic esters (lactones) is 1. The number of fused-ring (bicyclic) bond motifs is 3. The average molecular weight is 387 g/mol. The Morgan fingerprint density at radius 1 is 1.50 bits per heavy atom. The molecule has 0 radical (unpaired) electrons. The van der Waals surface area contributed by atoms with E-state index < -0.39 is 35.1 Å². The number of nitrogens with zero attached hydrogens (tertiary/aromatic N) is 1. The molecule has 3 atom stereocenters. The molecular weight excluding hydrogens is 369 g/mol. The monoisotopic (exact) mass is 387 g/mol. The number of benzene rings is 1. The maximum Gasteiger partial charge on any atom is 0.415 e. The third-order valence-electron chi connectivity index (χ3n) is 4.07. The molecule has 1 saturated heterocycles. The number of halogens is 1. The minimum absolute atomic E-state index is 0.0528. The molecule has 2 aliphatic rings. The van der Waals surface area contributed by atoms with E-state index in [0.717, 1.165) is 6.07 Å². The van der Waals surface area contributed by atoms with Crippen molar-refractivity contribution in [2.75, 3.05) is 35.7 Å². The minimum atomic E-state index is -1.98. The van der Waals surface area contributed by atoms with Gasteiger partial charge in [0, 0.05) is 25.6 Å². The van der Waals surface area contributed by atoms with Gasteiger partial charge in [0.05, 0.1) is 23.7 Å². The summed E-state index contributed by atoms with van der Waals surface area (Å²) in [4.78, 5) is 24.6. The molecule has 2 amide bonds. The molecule has 26 heavy (non-hydrogen) atoms. The smallest absolute Gasteiger partial charge is 0.415 e. The Morgan fingerprint density at radius 2 is 2.27 bits per heavy atom. The van der Waals surface area contributed by atoms with Gasteiger partial charge in [0.1, 0.15) is 30.3 Å². The van der Waals surface area contributed by atoms with E-state index in [-0.39, 0.29) is 42.7 Å². The Bertz CT molecular complexity index is 761. The fourth-order valence-corrected chi connectivity index (χ4v) is 3.15. The van der Waals surface area contributed by atoms with Gasteiger partial charge in [0.15, 0.2) is 11.1 Å². The van der Waals surface area contributed by atoms with Crippen molar-refractivity contribution < 1.29 is 32.2 Å². The molecule has 0 aromatic heterocycles. The van der Waals surface area contributed by atoms with Gasteiger partial charge < -0.3 is 24.7 Å². The van der Waals surface area contributed by atoms with Crippen LogP contribution in [0.25, 0.3) is 0 Å². The van der Waals surface area contributed by atoms with Crippen LogP contribution in [0.3, 0.4) is 0 Å². The Kier molecular flexibility index (Phi) is 5.28. The van der Waals surface area contributed by atoms with Crippen molar-refractivity contribution in [3.63, 3.8) is 0 Å². The van der Waals surface area contributed by atoms with Crippen LogP contribution < -0.4 is 20.3 Å². The van der Waals surface area contributed by atoms with Crippen molar-refractivity contribution >= 4 is 34.5 Å². The van der Waals surface area contributed by atoms with Gasteiger partial charge in [-0.1, -0.05) is 0 Å². The summed E-state index contributed by atoms with van der Waals surface area (Å²) in [6.45, 7) is 1.74. The van der Waals surface area contributed by atoms with E-state index in [1.165, 1.54) is 17.9 Å². The van der Waals surface area contributed by atoms with E-state index in [1.54, 1.807) is 0 Å². The van der Waals surface area contributed by atoms with Crippen LogP contribution >= 0.6 is 0 Å². The highest BCUT2D eigenvalue weighted by Gasteiger charge is 2.46. The van der Waals surface area contributed by atoms with Gasteiger partial charge in [0.25, 0.3) is 0 Å². The zero-order chi connectivity index (χ0) is 18.8. The quantitative estimate of drug-likeness (QED) is 0.615. The second-order valence-electron chi connectivity index (χ2n) is 5.86. The second-order valence-corrected chi connectivity index (χ2v) is 6.91. The SMILES string of the molecule is CC(=O)NCC1OC(=O)N2c3cc(F)c(NCCS(=O)O)cc3OCC12. The topological polar surface area (TPSA) is 117 Å². The lowest BCUT2D eigenvalue weighted by Gasteiger charge is -2.31. The second kappa shape index (κ2) is 7.46. The fraction of sp³-hybridized carbons (Fsp3) is 0.467. The molecule has 0 saturated carbocycles. The number of rotatable bonds is 6. The van der Waals surface area contributed by atoms with E-state index in [9.17, 15) is 18.2 Å². The molecule has 3 rings (SSSR count). The van der Waals surface area contributed by atoms with Gasteiger partial charge in [-0.25, -0.2) is 13.4 Å². The predicted octanol–water partition coefficient (Wildman–Crippen LogP) is 0.682. The molecule has 11 heteroatoms. The number of hydrogen-bond donors (Lipinski definition) is 3. The maximum absolute atomic E-state index is 14.3. The molecule has 142 valence electrons. The van der Waals surface area contributed by atoms with Gasteiger partial charge in [-0.05, 0) is 0 Å². The normalized spacial score (nSPS) is 22.0. The summed E-state index contributed by atoms with van der Waals surface area (Å²) in [6.07, 6.45) is -1.23. The molecule has 1 fully saturated rings. The summed E-state index contributed by atoms with van der Waals surface area (Å²) in [5.41, 5.74) is 0.348. The fourth-order valence-electron chi connectivity index (χ4n) is 2.88. The lowest BCUT2D eigenvalue weighted by molar-refractivity contribution is -0.119. The number of anilines is 2. The van der Waals surface area contributed by atoms with Crippen LogP contribution in [-0.4, -0.2) is 58.4 Å². The van der Waals surface area contributed by atoms with Crippen molar-refractivity contribution in [3.8, 4) is 5.75 Å². The lowest BCUT2D eigenvalue weighted by atomic mass is 10.1. The van der Waals surface area contributed by atoms with Crippen LogP contribution in [0.2, 0.25) is 0 Å². The van der Waals surface area contributed by atoms with Crippen LogP contribution in [0.1, 0.15) is 6.92 Å². The van der Waals surface area contributed by atoms with E-state index in [1.807, 2.05) is 0 Å². The molecule has 3 unspecified atom stereocenters. The van der Waals surface area contributed by atoms with Gasteiger partial charge in [0.2, 0.25) is 5.91 Å². The summed E-state index contributed by atoms with van der Waals surface area (Å²) in [7, 11) is 0. The van der Waals surface area contributed by atoms with Crippen molar-refractivity contribution in [3.05, 3.63) is 17.9 Å². The van der Waals surface area contributed by atoms with Crippen molar-refractivity contribution in [1.82, 2.24) is 5.32 Å².